The maximum absolute atomic E-state index is 4.44. The highest BCUT2D eigenvalue weighted by Crippen LogP contribution is 2.22. The van der Waals surface area contributed by atoms with Crippen LogP contribution in [0.15, 0.2) is 29.4 Å². The molecule has 1 aliphatic rings. The van der Waals surface area contributed by atoms with Crippen molar-refractivity contribution in [2.75, 3.05) is 0 Å². The molecule has 0 aromatic heterocycles. The molecule has 13 heavy (non-hydrogen) atoms. The number of hydrogen-bond acceptors (Lipinski definition) is 1. The SMILES string of the molecule is CCC(C)C1=NC=CC(C)(C)C=C1. The first-order chi connectivity index (χ1) is 6.05. The van der Waals surface area contributed by atoms with Gasteiger partial charge < -0.3 is 0 Å². The Morgan fingerprint density at radius 3 is 2.69 bits per heavy atom. The van der Waals surface area contributed by atoms with E-state index in [0.717, 1.165) is 6.42 Å². The highest BCUT2D eigenvalue weighted by molar-refractivity contribution is 5.97. The third-order valence-electron chi connectivity index (χ3n) is 2.53. The summed E-state index contributed by atoms with van der Waals surface area (Å²) in [7, 11) is 0. The second-order valence-corrected chi connectivity index (χ2v) is 4.33. The molecule has 0 radical (unpaired) electrons. The summed E-state index contributed by atoms with van der Waals surface area (Å²) >= 11 is 0. The Morgan fingerprint density at radius 1 is 1.38 bits per heavy atom. The van der Waals surface area contributed by atoms with E-state index in [-0.39, 0.29) is 5.41 Å². The van der Waals surface area contributed by atoms with Gasteiger partial charge in [-0.3, -0.25) is 4.99 Å². The molecule has 0 aliphatic carbocycles. The monoisotopic (exact) mass is 177 g/mol. The minimum absolute atomic E-state index is 0.151. The highest BCUT2D eigenvalue weighted by Gasteiger charge is 2.13. The quantitative estimate of drug-likeness (QED) is 0.611. The molecule has 1 atom stereocenters. The van der Waals surface area contributed by atoms with E-state index in [1.54, 1.807) is 0 Å². The lowest BCUT2D eigenvalue weighted by Crippen LogP contribution is -2.07. The summed E-state index contributed by atoms with van der Waals surface area (Å²) in [6.45, 7) is 8.79. The van der Waals surface area contributed by atoms with Gasteiger partial charge in [0.2, 0.25) is 0 Å². The number of hydrogen-bond donors (Lipinski definition) is 0. The second kappa shape index (κ2) is 3.91. The summed E-state index contributed by atoms with van der Waals surface area (Å²) < 4.78 is 0. The average Bonchev–Trinajstić information content (AvgIpc) is 2.25. The predicted octanol–water partition coefficient (Wildman–Crippen LogP) is 3.58. The lowest BCUT2D eigenvalue weighted by atomic mass is 9.92. The fourth-order valence-electron chi connectivity index (χ4n) is 1.21. The number of rotatable bonds is 2. The Hall–Kier alpha value is -0.850. The number of nitrogens with zero attached hydrogens (tertiary/aromatic N) is 1. The zero-order valence-electron chi connectivity index (χ0n) is 9.04. The fraction of sp³-hybridized carbons (Fsp3) is 0.583. The van der Waals surface area contributed by atoms with E-state index < -0.39 is 0 Å². The second-order valence-electron chi connectivity index (χ2n) is 4.33. The van der Waals surface area contributed by atoms with E-state index in [4.69, 9.17) is 0 Å². The normalized spacial score (nSPS) is 22.3. The van der Waals surface area contributed by atoms with Crippen molar-refractivity contribution < 1.29 is 0 Å². The van der Waals surface area contributed by atoms with E-state index in [1.807, 2.05) is 6.20 Å². The molecule has 0 aromatic rings. The van der Waals surface area contributed by atoms with Crippen LogP contribution in [0.25, 0.3) is 0 Å². The van der Waals surface area contributed by atoms with Crippen molar-refractivity contribution in [3.63, 3.8) is 0 Å². The zero-order valence-corrected chi connectivity index (χ0v) is 9.04. The predicted molar refractivity (Wildman–Crippen MR) is 59.0 cm³/mol. The van der Waals surface area contributed by atoms with E-state index >= 15 is 0 Å². The van der Waals surface area contributed by atoms with E-state index in [1.165, 1.54) is 5.71 Å². The third-order valence-corrected chi connectivity index (χ3v) is 2.53. The summed E-state index contributed by atoms with van der Waals surface area (Å²) in [5.41, 5.74) is 1.35. The third kappa shape index (κ3) is 2.83. The first-order valence-electron chi connectivity index (χ1n) is 5.00. The van der Waals surface area contributed by atoms with Gasteiger partial charge in [0.15, 0.2) is 0 Å². The maximum atomic E-state index is 4.44. The molecule has 72 valence electrons. The van der Waals surface area contributed by atoms with Crippen LogP contribution in [0.4, 0.5) is 0 Å². The fourth-order valence-corrected chi connectivity index (χ4v) is 1.21. The molecule has 0 spiro atoms. The highest BCUT2D eigenvalue weighted by atomic mass is 14.7. The molecule has 0 amide bonds. The van der Waals surface area contributed by atoms with Crippen LogP contribution in [-0.2, 0) is 0 Å². The Balaban J connectivity index is 2.82. The van der Waals surface area contributed by atoms with Crippen molar-refractivity contribution in [2.45, 2.75) is 34.1 Å². The molecule has 0 aromatic carbocycles. The van der Waals surface area contributed by atoms with E-state index in [2.05, 4.69) is 50.9 Å². The molecule has 1 aliphatic heterocycles. The van der Waals surface area contributed by atoms with Crippen molar-refractivity contribution >= 4 is 5.71 Å². The molecular weight excluding hydrogens is 158 g/mol. The lowest BCUT2D eigenvalue weighted by Gasteiger charge is -2.12. The first-order valence-corrected chi connectivity index (χ1v) is 5.00. The molecule has 0 N–H and O–H groups in total. The van der Waals surface area contributed by atoms with Crippen molar-refractivity contribution in [3.05, 3.63) is 24.4 Å². The molecule has 1 heteroatoms. The molecule has 0 fully saturated rings. The van der Waals surface area contributed by atoms with Gasteiger partial charge in [-0.1, -0.05) is 39.8 Å². The Morgan fingerprint density at radius 2 is 2.08 bits per heavy atom. The first kappa shape index (κ1) is 10.2. The largest absolute Gasteiger partial charge is 0.261 e. The molecule has 1 nitrogen and oxygen atoms in total. The van der Waals surface area contributed by atoms with Crippen molar-refractivity contribution in [1.82, 2.24) is 0 Å². The maximum Gasteiger partial charge on any atom is 0.0428 e. The summed E-state index contributed by atoms with van der Waals surface area (Å²) in [5, 5.41) is 0. The topological polar surface area (TPSA) is 12.4 Å². The van der Waals surface area contributed by atoms with Crippen LogP contribution >= 0.6 is 0 Å². The van der Waals surface area contributed by atoms with Crippen LogP contribution in [0.5, 0.6) is 0 Å². The van der Waals surface area contributed by atoms with Crippen molar-refractivity contribution in [1.29, 1.82) is 0 Å². The van der Waals surface area contributed by atoms with Crippen LogP contribution in [-0.4, -0.2) is 5.71 Å². The van der Waals surface area contributed by atoms with Crippen LogP contribution < -0.4 is 0 Å². The lowest BCUT2D eigenvalue weighted by molar-refractivity contribution is 0.626. The van der Waals surface area contributed by atoms with Gasteiger partial charge in [-0.25, -0.2) is 0 Å². The van der Waals surface area contributed by atoms with Crippen molar-refractivity contribution in [3.8, 4) is 0 Å². The standard InChI is InChI=1S/C12H19N/c1-5-10(2)11-6-7-12(3,4)8-9-13-11/h6-10H,5H2,1-4H3. The molecule has 0 saturated heterocycles. The van der Waals surface area contributed by atoms with Gasteiger partial charge in [0.05, 0.1) is 0 Å². The number of aliphatic imine (C=N–C) groups is 1. The number of allylic oxidation sites excluding steroid dienone is 3. The van der Waals surface area contributed by atoms with Gasteiger partial charge in [-0.2, -0.15) is 0 Å². The Kier molecular flexibility index (Phi) is 3.07. The molecule has 0 bridgehead atoms. The average molecular weight is 177 g/mol. The molecule has 0 saturated carbocycles. The van der Waals surface area contributed by atoms with Gasteiger partial charge in [0.25, 0.3) is 0 Å². The van der Waals surface area contributed by atoms with Crippen LogP contribution in [0.2, 0.25) is 0 Å². The zero-order chi connectivity index (χ0) is 9.90. The molecule has 1 rings (SSSR count). The summed E-state index contributed by atoms with van der Waals surface area (Å²) in [5.74, 6) is 0.565. The minimum Gasteiger partial charge on any atom is -0.261 e. The summed E-state index contributed by atoms with van der Waals surface area (Å²) in [6.07, 6.45) is 9.60. The summed E-state index contributed by atoms with van der Waals surface area (Å²) in [6, 6.07) is 0. The Bertz CT molecular complexity index is 256. The smallest absolute Gasteiger partial charge is 0.0428 e. The summed E-state index contributed by atoms with van der Waals surface area (Å²) in [4.78, 5) is 4.44. The Labute approximate surface area is 81.3 Å². The van der Waals surface area contributed by atoms with Crippen molar-refractivity contribution in [2.24, 2.45) is 16.3 Å². The molecular formula is C12H19N. The van der Waals surface area contributed by atoms with Gasteiger partial charge >= 0.3 is 0 Å². The minimum atomic E-state index is 0.151. The molecule has 1 heterocycles. The van der Waals surface area contributed by atoms with Crippen LogP contribution in [0.3, 0.4) is 0 Å². The van der Waals surface area contributed by atoms with Gasteiger partial charge in [0, 0.05) is 17.3 Å². The van der Waals surface area contributed by atoms with E-state index in [0.29, 0.717) is 5.92 Å². The van der Waals surface area contributed by atoms with Gasteiger partial charge in [-0.15, -0.1) is 0 Å². The van der Waals surface area contributed by atoms with E-state index in [9.17, 15) is 0 Å². The van der Waals surface area contributed by atoms with Crippen LogP contribution in [0, 0.1) is 11.3 Å². The van der Waals surface area contributed by atoms with Gasteiger partial charge in [-0.05, 0) is 18.4 Å². The van der Waals surface area contributed by atoms with Crippen LogP contribution in [0.1, 0.15) is 34.1 Å². The molecule has 1 unspecified atom stereocenters. The van der Waals surface area contributed by atoms with Gasteiger partial charge in [0.1, 0.15) is 0 Å².